The maximum atomic E-state index is 12.6. The number of rotatable bonds is 3. The average Bonchev–Trinajstić information content (AvgIpc) is 3.11. The largest absolute Gasteiger partial charge is 0.354 e. The summed E-state index contributed by atoms with van der Waals surface area (Å²) in [5, 5.41) is 5.64. The van der Waals surface area contributed by atoms with E-state index in [1.165, 1.54) is 31.3 Å². The van der Waals surface area contributed by atoms with Crippen LogP contribution in [0.5, 0.6) is 0 Å². The summed E-state index contributed by atoms with van der Waals surface area (Å²) in [4.78, 5) is 12.5. The minimum absolute atomic E-state index is 0.00413. The van der Waals surface area contributed by atoms with Crippen LogP contribution in [0.2, 0.25) is 5.02 Å². The topological polar surface area (TPSA) is 70.1 Å². The van der Waals surface area contributed by atoms with Gasteiger partial charge in [-0.1, -0.05) is 41.9 Å². The van der Waals surface area contributed by atoms with Crippen LogP contribution in [0, 0.1) is 0 Å². The van der Waals surface area contributed by atoms with E-state index in [4.69, 9.17) is 11.6 Å². The lowest BCUT2D eigenvalue weighted by Gasteiger charge is -2.22. The fourth-order valence-electron chi connectivity index (χ4n) is 2.49. The molecule has 8 heteroatoms. The van der Waals surface area contributed by atoms with Crippen LogP contribution in [0.4, 0.5) is 4.79 Å². The molecule has 130 valence electrons. The SMILES string of the molecule is CN(C(=O)N1CC(c2ccccc2)C=N1)S(=O)(=O)c1ccc(Cl)cc1. The van der Waals surface area contributed by atoms with Gasteiger partial charge in [-0.15, -0.1) is 0 Å². The van der Waals surface area contributed by atoms with Crippen LogP contribution in [0.1, 0.15) is 11.5 Å². The first kappa shape index (κ1) is 17.4. The van der Waals surface area contributed by atoms with Crippen LogP contribution in [-0.4, -0.2) is 43.6 Å². The molecular formula is C17H16ClN3O3S. The highest BCUT2D eigenvalue weighted by Gasteiger charge is 2.32. The zero-order chi connectivity index (χ0) is 18.0. The van der Waals surface area contributed by atoms with E-state index in [9.17, 15) is 13.2 Å². The van der Waals surface area contributed by atoms with Gasteiger partial charge in [0.2, 0.25) is 0 Å². The van der Waals surface area contributed by atoms with Crippen molar-refractivity contribution in [3.8, 4) is 0 Å². The van der Waals surface area contributed by atoms with E-state index in [0.717, 1.165) is 10.6 Å². The zero-order valence-electron chi connectivity index (χ0n) is 13.4. The summed E-state index contributed by atoms with van der Waals surface area (Å²) in [6.45, 7) is 0.295. The Kier molecular flexibility index (Phi) is 4.78. The van der Waals surface area contributed by atoms with E-state index in [1.54, 1.807) is 6.21 Å². The lowest BCUT2D eigenvalue weighted by molar-refractivity contribution is 0.189. The van der Waals surface area contributed by atoms with Gasteiger partial charge in [0.05, 0.1) is 11.4 Å². The Labute approximate surface area is 151 Å². The molecule has 0 saturated heterocycles. The summed E-state index contributed by atoms with van der Waals surface area (Å²) in [6, 6.07) is 14.6. The maximum absolute atomic E-state index is 12.6. The van der Waals surface area contributed by atoms with Gasteiger partial charge in [-0.05, 0) is 29.8 Å². The van der Waals surface area contributed by atoms with E-state index in [1.807, 2.05) is 30.3 Å². The van der Waals surface area contributed by atoms with Crippen molar-refractivity contribution < 1.29 is 13.2 Å². The molecule has 6 nitrogen and oxygen atoms in total. The van der Waals surface area contributed by atoms with E-state index < -0.39 is 16.1 Å². The van der Waals surface area contributed by atoms with Gasteiger partial charge in [-0.3, -0.25) is 0 Å². The molecule has 0 aromatic heterocycles. The smallest absolute Gasteiger partial charge is 0.245 e. The zero-order valence-corrected chi connectivity index (χ0v) is 15.0. The van der Waals surface area contributed by atoms with E-state index in [2.05, 4.69) is 5.10 Å². The van der Waals surface area contributed by atoms with Crippen molar-refractivity contribution in [3.05, 3.63) is 65.2 Å². The van der Waals surface area contributed by atoms with Gasteiger partial charge in [-0.25, -0.2) is 22.5 Å². The van der Waals surface area contributed by atoms with Crippen molar-refractivity contribution in [2.24, 2.45) is 5.10 Å². The monoisotopic (exact) mass is 377 g/mol. The molecule has 1 aliphatic heterocycles. The molecule has 0 bridgehead atoms. The molecule has 1 heterocycles. The molecule has 0 aliphatic carbocycles. The molecule has 2 aromatic rings. The lowest BCUT2D eigenvalue weighted by atomic mass is 10.0. The highest BCUT2D eigenvalue weighted by atomic mass is 35.5. The molecule has 0 fully saturated rings. The summed E-state index contributed by atoms with van der Waals surface area (Å²) in [5.74, 6) is -0.0585. The summed E-state index contributed by atoms with van der Waals surface area (Å²) < 4.78 is 25.8. The molecule has 25 heavy (non-hydrogen) atoms. The molecule has 0 radical (unpaired) electrons. The Morgan fingerprint density at radius 3 is 2.44 bits per heavy atom. The fourth-order valence-corrected chi connectivity index (χ4v) is 3.71. The summed E-state index contributed by atoms with van der Waals surface area (Å²) in [6.07, 6.45) is 1.65. The van der Waals surface area contributed by atoms with Crippen molar-refractivity contribution in [2.45, 2.75) is 10.8 Å². The quantitative estimate of drug-likeness (QED) is 0.824. The number of amides is 2. The molecule has 0 N–H and O–H groups in total. The number of benzene rings is 2. The average molecular weight is 378 g/mol. The lowest BCUT2D eigenvalue weighted by Crippen LogP contribution is -2.41. The molecule has 3 rings (SSSR count). The van der Waals surface area contributed by atoms with Crippen LogP contribution in [0.25, 0.3) is 0 Å². The molecule has 1 aliphatic rings. The third kappa shape index (κ3) is 3.52. The standard InChI is InChI=1S/C17H16ClN3O3S/c1-20(25(23,24)16-9-7-15(18)8-10-16)17(22)21-12-14(11-19-21)13-5-3-2-4-6-13/h2-11,14H,12H2,1H3. The number of carbonyl (C=O) groups excluding carboxylic acids is 1. The predicted octanol–water partition coefficient (Wildman–Crippen LogP) is 3.17. The second-order valence-corrected chi connectivity index (χ2v) is 7.98. The van der Waals surface area contributed by atoms with Gasteiger partial charge in [-0.2, -0.15) is 5.10 Å². The van der Waals surface area contributed by atoms with Crippen molar-refractivity contribution in [1.82, 2.24) is 9.31 Å². The summed E-state index contributed by atoms with van der Waals surface area (Å²) in [5.41, 5.74) is 1.02. The highest BCUT2D eigenvalue weighted by Crippen LogP contribution is 2.23. The normalized spacial score (nSPS) is 16.9. The van der Waals surface area contributed by atoms with E-state index >= 15 is 0 Å². The molecule has 2 amide bonds. The van der Waals surface area contributed by atoms with Crippen LogP contribution in [0.15, 0.2) is 64.6 Å². The number of hydrazone groups is 1. The third-order valence-corrected chi connectivity index (χ3v) is 5.94. The van der Waals surface area contributed by atoms with Gasteiger partial charge in [0.15, 0.2) is 0 Å². The van der Waals surface area contributed by atoms with Crippen LogP contribution in [-0.2, 0) is 10.0 Å². The third-order valence-electron chi connectivity index (χ3n) is 3.95. The Balaban J connectivity index is 1.75. The van der Waals surface area contributed by atoms with Crippen molar-refractivity contribution in [3.63, 3.8) is 0 Å². The van der Waals surface area contributed by atoms with Crippen molar-refractivity contribution in [2.75, 3.05) is 13.6 Å². The van der Waals surface area contributed by atoms with Crippen LogP contribution >= 0.6 is 11.6 Å². The molecule has 0 saturated carbocycles. The number of nitrogens with zero attached hydrogens (tertiary/aromatic N) is 3. The highest BCUT2D eigenvalue weighted by molar-refractivity contribution is 7.89. The number of halogens is 1. The van der Waals surface area contributed by atoms with Gasteiger partial charge in [0.1, 0.15) is 0 Å². The Bertz CT molecular complexity index is 898. The Hall–Kier alpha value is -2.38. The molecule has 2 aromatic carbocycles. The van der Waals surface area contributed by atoms with Crippen LogP contribution < -0.4 is 0 Å². The first-order valence-electron chi connectivity index (χ1n) is 7.54. The number of urea groups is 1. The number of hydrogen-bond acceptors (Lipinski definition) is 4. The first-order valence-corrected chi connectivity index (χ1v) is 9.36. The number of hydrogen-bond donors (Lipinski definition) is 0. The first-order chi connectivity index (χ1) is 11.9. The molecule has 0 spiro atoms. The maximum Gasteiger partial charge on any atom is 0.354 e. The second kappa shape index (κ2) is 6.85. The van der Waals surface area contributed by atoms with Gasteiger partial charge >= 0.3 is 6.03 Å². The van der Waals surface area contributed by atoms with E-state index in [-0.39, 0.29) is 10.8 Å². The summed E-state index contributed by atoms with van der Waals surface area (Å²) in [7, 11) is -2.75. The molecule has 1 atom stereocenters. The predicted molar refractivity (Wildman–Crippen MR) is 96.2 cm³/mol. The van der Waals surface area contributed by atoms with E-state index in [0.29, 0.717) is 15.9 Å². The Morgan fingerprint density at radius 2 is 1.80 bits per heavy atom. The Morgan fingerprint density at radius 1 is 1.16 bits per heavy atom. The molecular weight excluding hydrogens is 362 g/mol. The minimum atomic E-state index is -3.96. The second-order valence-electron chi connectivity index (χ2n) is 5.57. The van der Waals surface area contributed by atoms with Crippen molar-refractivity contribution >= 4 is 33.9 Å². The van der Waals surface area contributed by atoms with Gasteiger partial charge < -0.3 is 0 Å². The fraction of sp³-hybridized carbons (Fsp3) is 0.176. The number of carbonyl (C=O) groups is 1. The molecule has 1 unspecified atom stereocenters. The minimum Gasteiger partial charge on any atom is -0.245 e. The van der Waals surface area contributed by atoms with Gasteiger partial charge in [0, 0.05) is 24.2 Å². The van der Waals surface area contributed by atoms with Gasteiger partial charge in [0.25, 0.3) is 10.0 Å². The number of sulfonamides is 1. The van der Waals surface area contributed by atoms with Crippen LogP contribution in [0.3, 0.4) is 0 Å². The van der Waals surface area contributed by atoms with Crippen molar-refractivity contribution in [1.29, 1.82) is 0 Å². The summed E-state index contributed by atoms with van der Waals surface area (Å²) >= 11 is 5.78.